The molecule has 19 heavy (non-hydrogen) atoms. The Kier molecular flexibility index (Phi) is 5.89. The maximum atomic E-state index is 13.1. The first-order valence-electron chi connectivity index (χ1n) is 6.35. The molecule has 0 saturated carbocycles. The van der Waals surface area contributed by atoms with E-state index in [1.165, 1.54) is 6.07 Å². The minimum atomic E-state index is -0.879. The van der Waals surface area contributed by atoms with Crippen LogP contribution < -0.4 is 10.6 Å². The number of benzene rings is 1. The highest BCUT2D eigenvalue weighted by Gasteiger charge is 2.10. The molecule has 0 aromatic heterocycles. The van der Waals surface area contributed by atoms with E-state index in [0.29, 0.717) is 18.0 Å². The molecule has 2 N–H and O–H groups in total. The van der Waals surface area contributed by atoms with Gasteiger partial charge in [-0.2, -0.15) is 0 Å². The zero-order valence-electron chi connectivity index (χ0n) is 11.5. The molecular weight excluding hydrogens is 250 g/mol. The first-order valence-corrected chi connectivity index (χ1v) is 6.35. The molecule has 1 aromatic carbocycles. The average molecular weight is 270 g/mol. The fraction of sp³-hybridized carbons (Fsp3) is 0.500. The minimum Gasteiger partial charge on any atom is -0.355 e. The van der Waals surface area contributed by atoms with Gasteiger partial charge in [-0.1, -0.05) is 19.9 Å². The standard InChI is InChI=1S/C14H20F2N2O/c1-9(2)7-18-14(19)8-17-10(3)11-4-5-12(15)13(16)6-11/h4-6,9-10,17H,7-8H2,1-3H3,(H,18,19). The van der Waals surface area contributed by atoms with Crippen LogP contribution in [0.15, 0.2) is 18.2 Å². The third-order valence-electron chi connectivity index (χ3n) is 2.72. The first kappa shape index (κ1) is 15.6. The number of hydrogen-bond donors (Lipinski definition) is 2. The van der Waals surface area contributed by atoms with Gasteiger partial charge in [0.05, 0.1) is 6.54 Å². The lowest BCUT2D eigenvalue weighted by Crippen LogP contribution is -2.36. The minimum absolute atomic E-state index is 0.108. The van der Waals surface area contributed by atoms with Gasteiger partial charge in [-0.15, -0.1) is 0 Å². The molecule has 0 fully saturated rings. The molecule has 1 rings (SSSR count). The summed E-state index contributed by atoms with van der Waals surface area (Å²) in [4.78, 5) is 11.5. The second kappa shape index (κ2) is 7.19. The molecule has 0 saturated heterocycles. The van der Waals surface area contributed by atoms with Gasteiger partial charge in [-0.05, 0) is 30.5 Å². The Morgan fingerprint density at radius 1 is 1.21 bits per heavy atom. The summed E-state index contributed by atoms with van der Waals surface area (Å²) < 4.78 is 25.9. The molecular formula is C14H20F2N2O. The van der Waals surface area contributed by atoms with Gasteiger partial charge in [-0.25, -0.2) is 8.78 Å². The van der Waals surface area contributed by atoms with E-state index in [2.05, 4.69) is 10.6 Å². The summed E-state index contributed by atoms with van der Waals surface area (Å²) in [7, 11) is 0. The lowest BCUT2D eigenvalue weighted by molar-refractivity contribution is -0.120. The smallest absolute Gasteiger partial charge is 0.233 e. The summed E-state index contributed by atoms with van der Waals surface area (Å²) in [6.07, 6.45) is 0. The molecule has 106 valence electrons. The summed E-state index contributed by atoms with van der Waals surface area (Å²) in [5.74, 6) is -1.46. The number of carbonyl (C=O) groups is 1. The third-order valence-corrected chi connectivity index (χ3v) is 2.72. The van der Waals surface area contributed by atoms with E-state index in [9.17, 15) is 13.6 Å². The van der Waals surface area contributed by atoms with E-state index >= 15 is 0 Å². The van der Waals surface area contributed by atoms with Crippen LogP contribution in [0.3, 0.4) is 0 Å². The second-order valence-corrected chi connectivity index (χ2v) is 4.97. The molecule has 0 aliphatic carbocycles. The molecule has 5 heteroatoms. The Bertz CT molecular complexity index is 435. The molecule has 1 amide bonds. The van der Waals surface area contributed by atoms with Crippen LogP contribution >= 0.6 is 0 Å². The van der Waals surface area contributed by atoms with Crippen molar-refractivity contribution in [3.05, 3.63) is 35.4 Å². The van der Waals surface area contributed by atoms with Crippen LogP contribution in [-0.2, 0) is 4.79 Å². The van der Waals surface area contributed by atoms with Crippen LogP contribution in [0.5, 0.6) is 0 Å². The topological polar surface area (TPSA) is 41.1 Å². The van der Waals surface area contributed by atoms with Crippen molar-refractivity contribution in [1.29, 1.82) is 0 Å². The molecule has 0 radical (unpaired) electrons. The quantitative estimate of drug-likeness (QED) is 0.833. The Labute approximate surface area is 112 Å². The van der Waals surface area contributed by atoms with Crippen molar-refractivity contribution in [3.8, 4) is 0 Å². The lowest BCUT2D eigenvalue weighted by atomic mass is 10.1. The number of carbonyl (C=O) groups excluding carboxylic acids is 1. The zero-order valence-corrected chi connectivity index (χ0v) is 11.5. The van der Waals surface area contributed by atoms with Crippen molar-refractivity contribution in [2.45, 2.75) is 26.8 Å². The summed E-state index contributed by atoms with van der Waals surface area (Å²) in [5.41, 5.74) is 0.607. The average Bonchev–Trinajstić information content (AvgIpc) is 2.36. The van der Waals surface area contributed by atoms with E-state index < -0.39 is 11.6 Å². The molecule has 0 heterocycles. The van der Waals surface area contributed by atoms with E-state index in [0.717, 1.165) is 12.1 Å². The third kappa shape index (κ3) is 5.34. The summed E-state index contributed by atoms with van der Waals surface area (Å²) in [6, 6.07) is 3.50. The Morgan fingerprint density at radius 2 is 1.89 bits per heavy atom. The predicted octanol–water partition coefficient (Wildman–Crippen LogP) is 2.39. The monoisotopic (exact) mass is 270 g/mol. The van der Waals surface area contributed by atoms with Crippen molar-refractivity contribution in [2.75, 3.05) is 13.1 Å². The van der Waals surface area contributed by atoms with Gasteiger partial charge in [-0.3, -0.25) is 4.79 Å². The fourth-order valence-electron chi connectivity index (χ4n) is 1.53. The van der Waals surface area contributed by atoms with Gasteiger partial charge < -0.3 is 10.6 Å². The molecule has 3 nitrogen and oxygen atoms in total. The van der Waals surface area contributed by atoms with Crippen molar-refractivity contribution in [2.24, 2.45) is 5.92 Å². The fourth-order valence-corrected chi connectivity index (χ4v) is 1.53. The van der Waals surface area contributed by atoms with Crippen molar-refractivity contribution >= 4 is 5.91 Å². The first-order chi connectivity index (χ1) is 8.90. The predicted molar refractivity (Wildman–Crippen MR) is 70.6 cm³/mol. The molecule has 0 aliphatic rings. The largest absolute Gasteiger partial charge is 0.355 e. The molecule has 0 bridgehead atoms. The van der Waals surface area contributed by atoms with E-state index in [1.807, 2.05) is 13.8 Å². The van der Waals surface area contributed by atoms with E-state index in [-0.39, 0.29) is 18.5 Å². The molecule has 0 spiro atoms. The van der Waals surface area contributed by atoms with Gasteiger partial charge in [0.1, 0.15) is 0 Å². The lowest BCUT2D eigenvalue weighted by Gasteiger charge is -2.15. The summed E-state index contributed by atoms with van der Waals surface area (Å²) in [5, 5.41) is 5.74. The van der Waals surface area contributed by atoms with Gasteiger partial charge in [0.15, 0.2) is 11.6 Å². The molecule has 0 aliphatic heterocycles. The highest BCUT2D eigenvalue weighted by Crippen LogP contribution is 2.15. The highest BCUT2D eigenvalue weighted by molar-refractivity contribution is 5.78. The maximum absolute atomic E-state index is 13.1. The van der Waals surface area contributed by atoms with Gasteiger partial charge in [0.25, 0.3) is 0 Å². The SMILES string of the molecule is CC(C)CNC(=O)CNC(C)c1ccc(F)c(F)c1. The maximum Gasteiger partial charge on any atom is 0.233 e. The second-order valence-electron chi connectivity index (χ2n) is 4.97. The Hall–Kier alpha value is -1.49. The Balaban J connectivity index is 2.44. The van der Waals surface area contributed by atoms with Gasteiger partial charge in [0.2, 0.25) is 5.91 Å². The van der Waals surface area contributed by atoms with E-state index in [4.69, 9.17) is 0 Å². The molecule has 1 atom stereocenters. The normalized spacial score (nSPS) is 12.5. The van der Waals surface area contributed by atoms with Gasteiger partial charge in [0, 0.05) is 12.6 Å². The molecule has 1 aromatic rings. The highest BCUT2D eigenvalue weighted by atomic mass is 19.2. The number of nitrogens with one attached hydrogen (secondary N) is 2. The number of hydrogen-bond acceptors (Lipinski definition) is 2. The van der Waals surface area contributed by atoms with Crippen molar-refractivity contribution < 1.29 is 13.6 Å². The number of halogens is 2. The number of rotatable bonds is 6. The van der Waals surface area contributed by atoms with Gasteiger partial charge >= 0.3 is 0 Å². The summed E-state index contributed by atoms with van der Waals surface area (Å²) >= 11 is 0. The van der Waals surface area contributed by atoms with Crippen LogP contribution in [0.25, 0.3) is 0 Å². The number of amides is 1. The van der Waals surface area contributed by atoms with Crippen molar-refractivity contribution in [1.82, 2.24) is 10.6 Å². The van der Waals surface area contributed by atoms with Crippen molar-refractivity contribution in [3.63, 3.8) is 0 Å². The van der Waals surface area contributed by atoms with Crippen LogP contribution in [-0.4, -0.2) is 19.0 Å². The van der Waals surface area contributed by atoms with Crippen LogP contribution in [0.4, 0.5) is 8.78 Å². The molecule has 1 unspecified atom stereocenters. The van der Waals surface area contributed by atoms with Crippen LogP contribution in [0.1, 0.15) is 32.4 Å². The summed E-state index contributed by atoms with van der Waals surface area (Å²) in [6.45, 7) is 6.59. The van der Waals surface area contributed by atoms with Crippen LogP contribution in [0.2, 0.25) is 0 Å². The Morgan fingerprint density at radius 3 is 2.47 bits per heavy atom. The van der Waals surface area contributed by atoms with E-state index in [1.54, 1.807) is 6.92 Å². The zero-order chi connectivity index (χ0) is 14.4. The van der Waals surface area contributed by atoms with Crippen LogP contribution in [0, 0.1) is 17.6 Å².